The minimum atomic E-state index is -0.791. The van der Waals surface area contributed by atoms with Crippen LogP contribution in [-0.4, -0.2) is 52.8 Å². The molecule has 6 nitrogen and oxygen atoms in total. The van der Waals surface area contributed by atoms with E-state index in [0.29, 0.717) is 32.5 Å². The molecule has 2 fully saturated rings. The van der Waals surface area contributed by atoms with E-state index in [-0.39, 0.29) is 17.8 Å². The van der Waals surface area contributed by atoms with Crippen molar-refractivity contribution in [2.45, 2.75) is 52.5 Å². The van der Waals surface area contributed by atoms with E-state index in [4.69, 9.17) is 0 Å². The lowest BCUT2D eigenvalue weighted by molar-refractivity contribution is -0.144. The van der Waals surface area contributed by atoms with Crippen molar-refractivity contribution >= 4 is 17.8 Å². The van der Waals surface area contributed by atoms with Gasteiger partial charge in [0.1, 0.15) is 5.54 Å². The minimum Gasteiger partial charge on any atom is -0.342 e. The Kier molecular flexibility index (Phi) is 4.00. The van der Waals surface area contributed by atoms with Crippen LogP contribution in [0.3, 0.4) is 0 Å². The van der Waals surface area contributed by atoms with Crippen LogP contribution in [0.15, 0.2) is 0 Å². The van der Waals surface area contributed by atoms with Crippen LogP contribution in [0.5, 0.6) is 0 Å². The second-order valence-electron chi connectivity index (χ2n) is 7.01. The van der Waals surface area contributed by atoms with Crippen LogP contribution in [0.25, 0.3) is 0 Å². The summed E-state index contributed by atoms with van der Waals surface area (Å²) >= 11 is 0. The fraction of sp³-hybridized carbons (Fsp3) is 0.800. The van der Waals surface area contributed by atoms with E-state index < -0.39 is 11.0 Å². The zero-order valence-electron chi connectivity index (χ0n) is 13.4. The predicted molar refractivity (Wildman–Crippen MR) is 78.5 cm³/mol. The Hall–Kier alpha value is -1.59. The Morgan fingerprint density at radius 2 is 1.81 bits per heavy atom. The molecule has 0 radical (unpaired) electrons. The van der Waals surface area contributed by atoms with Gasteiger partial charge in [0.25, 0.3) is 5.91 Å². The molecule has 118 valence electrons. The molecule has 0 unspecified atom stereocenters. The summed E-state index contributed by atoms with van der Waals surface area (Å²) in [4.78, 5) is 39.8. The first kappa shape index (κ1) is 15.8. The van der Waals surface area contributed by atoms with Crippen molar-refractivity contribution in [2.24, 2.45) is 5.41 Å². The number of urea groups is 1. The lowest BCUT2D eigenvalue weighted by Gasteiger charge is -2.39. The van der Waals surface area contributed by atoms with E-state index >= 15 is 0 Å². The third kappa shape index (κ3) is 2.76. The maximum absolute atomic E-state index is 12.5. The summed E-state index contributed by atoms with van der Waals surface area (Å²) in [5, 5.41) is 2.85. The second kappa shape index (κ2) is 5.31. The normalized spacial score (nSPS) is 21.9. The van der Waals surface area contributed by atoms with Gasteiger partial charge < -0.3 is 10.2 Å². The van der Waals surface area contributed by atoms with Gasteiger partial charge in [-0.2, -0.15) is 0 Å². The van der Waals surface area contributed by atoms with Gasteiger partial charge in [-0.1, -0.05) is 27.7 Å². The summed E-state index contributed by atoms with van der Waals surface area (Å²) in [6.07, 6.45) is 1.75. The summed E-state index contributed by atoms with van der Waals surface area (Å²) < 4.78 is 0. The van der Waals surface area contributed by atoms with Gasteiger partial charge >= 0.3 is 6.03 Å². The maximum Gasteiger partial charge on any atom is 0.325 e. The highest BCUT2D eigenvalue weighted by molar-refractivity contribution is 6.07. The van der Waals surface area contributed by atoms with E-state index in [9.17, 15) is 14.4 Å². The van der Waals surface area contributed by atoms with E-state index in [1.165, 1.54) is 4.90 Å². The molecular formula is C15H25N3O3. The van der Waals surface area contributed by atoms with Gasteiger partial charge in [-0.05, 0) is 19.3 Å². The molecule has 2 rings (SSSR count). The summed E-state index contributed by atoms with van der Waals surface area (Å²) in [6, 6.07) is -0.294. The van der Waals surface area contributed by atoms with Crippen molar-refractivity contribution in [3.8, 4) is 0 Å². The number of likely N-dealkylation sites (tertiary alicyclic amines) is 1. The third-order valence-electron chi connectivity index (χ3n) is 4.24. The molecule has 1 N–H and O–H groups in total. The van der Waals surface area contributed by atoms with Crippen molar-refractivity contribution in [1.82, 2.24) is 15.1 Å². The van der Waals surface area contributed by atoms with Crippen LogP contribution in [0.1, 0.15) is 47.0 Å². The monoisotopic (exact) mass is 295 g/mol. The number of carbonyl (C=O) groups excluding carboxylic acids is 3. The standard InChI is InChI=1S/C15H25N3O3/c1-5-8-18-12(20)15(16-13(18)21)6-9-17(10-7-15)11(19)14(2,3)4/h5-10H2,1-4H3,(H,16,21). The highest BCUT2D eigenvalue weighted by Gasteiger charge is 2.52. The van der Waals surface area contributed by atoms with Gasteiger partial charge in [0, 0.05) is 25.0 Å². The number of rotatable bonds is 2. The van der Waals surface area contributed by atoms with Crippen molar-refractivity contribution in [1.29, 1.82) is 0 Å². The minimum absolute atomic E-state index is 0.0968. The van der Waals surface area contributed by atoms with E-state index in [0.717, 1.165) is 6.42 Å². The van der Waals surface area contributed by atoms with Gasteiger partial charge in [-0.15, -0.1) is 0 Å². The Bertz CT molecular complexity index is 459. The van der Waals surface area contributed by atoms with Gasteiger partial charge in [0.15, 0.2) is 0 Å². The average molecular weight is 295 g/mol. The van der Waals surface area contributed by atoms with E-state index in [1.807, 2.05) is 27.7 Å². The highest BCUT2D eigenvalue weighted by atomic mass is 16.2. The highest BCUT2D eigenvalue weighted by Crippen LogP contribution is 2.31. The van der Waals surface area contributed by atoms with E-state index in [1.54, 1.807) is 4.90 Å². The SMILES string of the molecule is CCCN1C(=O)NC2(CCN(C(=O)C(C)(C)C)CC2)C1=O. The Morgan fingerprint density at radius 3 is 2.29 bits per heavy atom. The molecule has 4 amide bonds. The summed E-state index contributed by atoms with van der Waals surface area (Å²) in [6.45, 7) is 9.11. The largest absolute Gasteiger partial charge is 0.342 e. The maximum atomic E-state index is 12.5. The molecule has 2 saturated heterocycles. The zero-order valence-corrected chi connectivity index (χ0v) is 13.4. The number of hydrogen-bond donors (Lipinski definition) is 1. The Balaban J connectivity index is 2.05. The molecule has 2 aliphatic heterocycles. The van der Waals surface area contributed by atoms with Crippen molar-refractivity contribution < 1.29 is 14.4 Å². The van der Waals surface area contributed by atoms with Crippen LogP contribution in [0, 0.1) is 5.41 Å². The smallest absolute Gasteiger partial charge is 0.325 e. The van der Waals surface area contributed by atoms with Crippen molar-refractivity contribution in [2.75, 3.05) is 19.6 Å². The van der Waals surface area contributed by atoms with Crippen LogP contribution in [0.4, 0.5) is 4.79 Å². The quantitative estimate of drug-likeness (QED) is 0.782. The van der Waals surface area contributed by atoms with Gasteiger partial charge in [-0.3, -0.25) is 14.5 Å². The molecule has 0 aromatic rings. The predicted octanol–water partition coefficient (Wildman–Crippen LogP) is 1.36. The molecule has 0 saturated carbocycles. The number of nitrogens with one attached hydrogen (secondary N) is 1. The Morgan fingerprint density at radius 1 is 1.24 bits per heavy atom. The first-order chi connectivity index (χ1) is 9.71. The lowest BCUT2D eigenvalue weighted by Crippen LogP contribution is -2.57. The van der Waals surface area contributed by atoms with Gasteiger partial charge in [0.2, 0.25) is 5.91 Å². The van der Waals surface area contributed by atoms with Gasteiger partial charge in [-0.25, -0.2) is 4.79 Å². The molecular weight excluding hydrogens is 270 g/mol. The van der Waals surface area contributed by atoms with Gasteiger partial charge in [0.05, 0.1) is 0 Å². The number of piperidine rings is 1. The summed E-state index contributed by atoms with van der Waals surface area (Å²) in [7, 11) is 0. The average Bonchev–Trinajstić information content (AvgIpc) is 2.63. The first-order valence-electron chi connectivity index (χ1n) is 7.65. The van der Waals surface area contributed by atoms with Crippen molar-refractivity contribution in [3.05, 3.63) is 0 Å². The molecule has 0 aliphatic carbocycles. The zero-order chi connectivity index (χ0) is 15.8. The third-order valence-corrected chi connectivity index (χ3v) is 4.24. The van der Waals surface area contributed by atoms with Crippen LogP contribution in [-0.2, 0) is 9.59 Å². The second-order valence-corrected chi connectivity index (χ2v) is 7.01. The summed E-state index contributed by atoms with van der Waals surface area (Å²) in [5.41, 5.74) is -1.21. The molecule has 1 spiro atoms. The molecule has 21 heavy (non-hydrogen) atoms. The van der Waals surface area contributed by atoms with E-state index in [2.05, 4.69) is 5.32 Å². The molecule has 2 aliphatic rings. The fourth-order valence-electron chi connectivity index (χ4n) is 3.01. The Labute approximate surface area is 125 Å². The molecule has 0 aromatic heterocycles. The number of amides is 4. The molecule has 0 atom stereocenters. The number of nitrogens with zero attached hydrogens (tertiary/aromatic N) is 2. The topological polar surface area (TPSA) is 69.7 Å². The number of hydrogen-bond acceptors (Lipinski definition) is 3. The molecule has 0 aromatic carbocycles. The number of imide groups is 1. The number of carbonyl (C=O) groups is 3. The molecule has 2 heterocycles. The van der Waals surface area contributed by atoms with Crippen LogP contribution < -0.4 is 5.32 Å². The van der Waals surface area contributed by atoms with Crippen LogP contribution in [0.2, 0.25) is 0 Å². The molecule has 6 heteroatoms. The van der Waals surface area contributed by atoms with Crippen molar-refractivity contribution in [3.63, 3.8) is 0 Å². The first-order valence-corrected chi connectivity index (χ1v) is 7.65. The lowest BCUT2D eigenvalue weighted by atomic mass is 9.85. The summed E-state index contributed by atoms with van der Waals surface area (Å²) in [5.74, 6) is -0.0308. The fourth-order valence-corrected chi connectivity index (χ4v) is 3.01. The molecule has 0 bridgehead atoms. The van der Waals surface area contributed by atoms with Crippen LogP contribution >= 0.6 is 0 Å².